The van der Waals surface area contributed by atoms with Gasteiger partial charge in [0.25, 0.3) is 0 Å². The molecule has 19 heavy (non-hydrogen) atoms. The summed E-state index contributed by atoms with van der Waals surface area (Å²) in [6, 6.07) is 7.71. The number of carboxylic acid groups (broad SMARTS) is 1. The number of aliphatic carboxylic acids is 1. The number of rotatable bonds is 5. The second-order valence-corrected chi connectivity index (χ2v) is 5.91. The van der Waals surface area contributed by atoms with Gasteiger partial charge in [-0.15, -0.1) is 0 Å². The lowest BCUT2D eigenvalue weighted by Crippen LogP contribution is -2.42. The molecule has 4 nitrogen and oxygen atoms in total. The Labute approximate surface area is 120 Å². The Hall–Kier alpha value is -1.36. The molecule has 1 aromatic carbocycles. The van der Waals surface area contributed by atoms with Crippen LogP contribution >= 0.6 is 15.9 Å². The predicted molar refractivity (Wildman–Crippen MR) is 74.8 cm³/mol. The van der Waals surface area contributed by atoms with E-state index in [0.29, 0.717) is 19.3 Å². The first-order chi connectivity index (χ1) is 8.95. The molecule has 2 rings (SSSR count). The number of carboxylic acids is 1. The number of hydrogen-bond acceptors (Lipinski definition) is 2. The maximum atomic E-state index is 12.0. The minimum atomic E-state index is -1.16. The standard InChI is InChI=1S/C14H16BrNO3/c1-9(8-10-4-2-3-5-11(10)15)16-12(17)14(6-7-14)13(18)19/h2-5,9H,6-8H2,1H3,(H,16,17)(H,18,19). The fourth-order valence-electron chi connectivity index (χ4n) is 2.07. The van der Waals surface area contributed by atoms with Gasteiger partial charge in [0.1, 0.15) is 5.41 Å². The summed E-state index contributed by atoms with van der Waals surface area (Å²) in [6.07, 6.45) is 1.55. The van der Waals surface area contributed by atoms with Crippen molar-refractivity contribution < 1.29 is 14.7 Å². The predicted octanol–water partition coefficient (Wildman–Crippen LogP) is 2.36. The molecule has 0 heterocycles. The van der Waals surface area contributed by atoms with Gasteiger partial charge in [-0.25, -0.2) is 0 Å². The van der Waals surface area contributed by atoms with E-state index in [1.54, 1.807) is 0 Å². The van der Waals surface area contributed by atoms with Crippen molar-refractivity contribution in [2.75, 3.05) is 0 Å². The summed E-state index contributed by atoms with van der Waals surface area (Å²) in [5.74, 6) is -1.38. The smallest absolute Gasteiger partial charge is 0.319 e. The van der Waals surface area contributed by atoms with Gasteiger partial charge in [-0.2, -0.15) is 0 Å². The van der Waals surface area contributed by atoms with Gasteiger partial charge in [0.15, 0.2) is 0 Å². The van der Waals surface area contributed by atoms with E-state index in [2.05, 4.69) is 21.2 Å². The highest BCUT2D eigenvalue weighted by atomic mass is 79.9. The van der Waals surface area contributed by atoms with E-state index in [0.717, 1.165) is 10.0 Å². The Morgan fingerprint density at radius 1 is 1.42 bits per heavy atom. The molecule has 1 aliphatic rings. The highest BCUT2D eigenvalue weighted by molar-refractivity contribution is 9.10. The molecule has 102 valence electrons. The molecule has 0 saturated heterocycles. The lowest BCUT2D eigenvalue weighted by Gasteiger charge is -2.17. The Kier molecular flexibility index (Phi) is 3.94. The van der Waals surface area contributed by atoms with Crippen LogP contribution in [0.1, 0.15) is 25.3 Å². The van der Waals surface area contributed by atoms with Crippen molar-refractivity contribution in [2.24, 2.45) is 5.41 Å². The maximum Gasteiger partial charge on any atom is 0.319 e. The number of hydrogen-bond donors (Lipinski definition) is 2. The molecule has 1 amide bonds. The van der Waals surface area contributed by atoms with Gasteiger partial charge in [0.2, 0.25) is 5.91 Å². The number of amides is 1. The van der Waals surface area contributed by atoms with Gasteiger partial charge in [-0.05, 0) is 37.8 Å². The van der Waals surface area contributed by atoms with E-state index in [1.165, 1.54) is 0 Å². The van der Waals surface area contributed by atoms with Crippen molar-refractivity contribution in [2.45, 2.75) is 32.2 Å². The second kappa shape index (κ2) is 5.33. The lowest BCUT2D eigenvalue weighted by molar-refractivity contribution is -0.149. The molecule has 0 spiro atoms. The van der Waals surface area contributed by atoms with Crippen molar-refractivity contribution >= 4 is 27.8 Å². The molecular formula is C14H16BrNO3. The largest absolute Gasteiger partial charge is 0.480 e. The average molecular weight is 326 g/mol. The summed E-state index contributed by atoms with van der Waals surface area (Å²) >= 11 is 3.46. The Bertz CT molecular complexity index is 511. The van der Waals surface area contributed by atoms with Crippen LogP contribution in [0.5, 0.6) is 0 Å². The fraction of sp³-hybridized carbons (Fsp3) is 0.429. The zero-order chi connectivity index (χ0) is 14.0. The molecule has 5 heteroatoms. The molecule has 2 N–H and O–H groups in total. The van der Waals surface area contributed by atoms with Gasteiger partial charge >= 0.3 is 5.97 Å². The van der Waals surface area contributed by atoms with Crippen molar-refractivity contribution in [1.29, 1.82) is 0 Å². The van der Waals surface area contributed by atoms with Crippen LogP contribution < -0.4 is 5.32 Å². The van der Waals surface area contributed by atoms with Crippen LogP contribution in [0, 0.1) is 5.41 Å². The summed E-state index contributed by atoms with van der Waals surface area (Å²) in [7, 11) is 0. The van der Waals surface area contributed by atoms with E-state index in [4.69, 9.17) is 5.11 Å². The van der Waals surface area contributed by atoms with Crippen LogP contribution in [0.25, 0.3) is 0 Å². The minimum Gasteiger partial charge on any atom is -0.480 e. The van der Waals surface area contributed by atoms with Crippen LogP contribution in [0.15, 0.2) is 28.7 Å². The normalized spacial score (nSPS) is 17.6. The topological polar surface area (TPSA) is 66.4 Å². The van der Waals surface area contributed by atoms with Crippen molar-refractivity contribution in [3.63, 3.8) is 0 Å². The van der Waals surface area contributed by atoms with Crippen molar-refractivity contribution in [3.05, 3.63) is 34.3 Å². The molecule has 1 aromatic rings. The van der Waals surface area contributed by atoms with Crippen LogP contribution in [-0.4, -0.2) is 23.0 Å². The quantitative estimate of drug-likeness (QED) is 0.817. The third kappa shape index (κ3) is 2.97. The van der Waals surface area contributed by atoms with E-state index in [1.807, 2.05) is 31.2 Å². The monoisotopic (exact) mass is 325 g/mol. The molecule has 0 aromatic heterocycles. The van der Waals surface area contributed by atoms with E-state index < -0.39 is 11.4 Å². The maximum absolute atomic E-state index is 12.0. The Morgan fingerprint density at radius 3 is 2.58 bits per heavy atom. The summed E-state index contributed by atoms with van der Waals surface area (Å²) in [5.41, 5.74) is -0.0715. The first kappa shape index (κ1) is 14.1. The number of benzene rings is 1. The zero-order valence-electron chi connectivity index (χ0n) is 10.6. The number of carbonyl (C=O) groups excluding carboxylic acids is 1. The van der Waals surface area contributed by atoms with Crippen LogP contribution in [0.4, 0.5) is 0 Å². The van der Waals surface area contributed by atoms with E-state index >= 15 is 0 Å². The molecule has 1 saturated carbocycles. The third-order valence-corrected chi connectivity index (χ3v) is 4.23. The Morgan fingerprint density at radius 2 is 2.05 bits per heavy atom. The van der Waals surface area contributed by atoms with Gasteiger partial charge in [-0.3, -0.25) is 9.59 Å². The first-order valence-electron chi connectivity index (χ1n) is 6.23. The fourth-order valence-corrected chi connectivity index (χ4v) is 2.52. The molecule has 1 atom stereocenters. The molecular weight excluding hydrogens is 310 g/mol. The number of nitrogens with one attached hydrogen (secondary N) is 1. The van der Waals surface area contributed by atoms with Gasteiger partial charge in [0.05, 0.1) is 0 Å². The van der Waals surface area contributed by atoms with Crippen molar-refractivity contribution in [1.82, 2.24) is 5.32 Å². The molecule has 1 fully saturated rings. The minimum absolute atomic E-state index is 0.0944. The summed E-state index contributed by atoms with van der Waals surface area (Å²) < 4.78 is 0.996. The zero-order valence-corrected chi connectivity index (χ0v) is 12.2. The van der Waals surface area contributed by atoms with E-state index in [9.17, 15) is 9.59 Å². The van der Waals surface area contributed by atoms with Gasteiger partial charge in [0, 0.05) is 10.5 Å². The number of halogens is 1. The molecule has 0 radical (unpaired) electrons. The highest BCUT2D eigenvalue weighted by Crippen LogP contribution is 2.46. The van der Waals surface area contributed by atoms with Gasteiger partial charge in [-0.1, -0.05) is 34.1 Å². The van der Waals surface area contributed by atoms with E-state index in [-0.39, 0.29) is 11.9 Å². The first-order valence-corrected chi connectivity index (χ1v) is 7.03. The lowest BCUT2D eigenvalue weighted by atomic mass is 10.0. The van der Waals surface area contributed by atoms with Crippen LogP contribution in [0.2, 0.25) is 0 Å². The third-order valence-electron chi connectivity index (χ3n) is 3.46. The van der Waals surface area contributed by atoms with Gasteiger partial charge < -0.3 is 10.4 Å². The SMILES string of the molecule is CC(Cc1ccccc1Br)NC(=O)C1(C(=O)O)CC1. The molecule has 1 unspecified atom stereocenters. The second-order valence-electron chi connectivity index (χ2n) is 5.06. The Balaban J connectivity index is 1.95. The number of carbonyl (C=O) groups is 2. The van der Waals surface area contributed by atoms with Crippen LogP contribution in [0.3, 0.4) is 0 Å². The van der Waals surface area contributed by atoms with Crippen molar-refractivity contribution in [3.8, 4) is 0 Å². The highest BCUT2D eigenvalue weighted by Gasteiger charge is 2.57. The molecule has 0 aliphatic heterocycles. The summed E-state index contributed by atoms with van der Waals surface area (Å²) in [5, 5.41) is 11.9. The average Bonchev–Trinajstić information content (AvgIpc) is 3.13. The molecule has 1 aliphatic carbocycles. The van der Waals surface area contributed by atoms with Crippen LogP contribution in [-0.2, 0) is 16.0 Å². The summed E-state index contributed by atoms with van der Waals surface area (Å²) in [6.45, 7) is 1.88. The summed E-state index contributed by atoms with van der Waals surface area (Å²) in [4.78, 5) is 23.0. The molecule has 0 bridgehead atoms.